The normalized spacial score (nSPS) is 11.1. The minimum atomic E-state index is -4.33. The lowest BCUT2D eigenvalue weighted by Crippen LogP contribution is -2.37. The maximum atomic E-state index is 13.2. The van der Waals surface area contributed by atoms with E-state index in [0.717, 1.165) is 10.4 Å². The van der Waals surface area contributed by atoms with Crippen LogP contribution in [0.5, 0.6) is 5.75 Å². The molecule has 0 heterocycles. The Kier molecular flexibility index (Phi) is 6.57. The molecule has 0 unspecified atom stereocenters. The third kappa shape index (κ3) is 4.77. The van der Waals surface area contributed by atoms with Crippen LogP contribution in [0.1, 0.15) is 13.8 Å². The zero-order chi connectivity index (χ0) is 20.9. The molecule has 150 valence electrons. The number of non-ortho nitro benzene ring substituents is 1. The third-order valence-electron chi connectivity index (χ3n) is 3.61. The fourth-order valence-corrected chi connectivity index (χ4v) is 3.90. The van der Waals surface area contributed by atoms with Gasteiger partial charge in [0.1, 0.15) is 12.3 Å². The predicted octanol–water partition coefficient (Wildman–Crippen LogP) is 2.75. The number of benzene rings is 2. The van der Waals surface area contributed by atoms with Gasteiger partial charge in [0.15, 0.2) is 0 Å². The van der Waals surface area contributed by atoms with Crippen molar-refractivity contribution in [3.8, 4) is 5.75 Å². The van der Waals surface area contributed by atoms with E-state index in [1.165, 1.54) is 31.4 Å². The summed E-state index contributed by atoms with van der Waals surface area (Å²) >= 11 is 0. The second-order valence-corrected chi connectivity index (χ2v) is 7.84. The Balaban J connectivity index is 2.58. The molecule has 0 fully saturated rings. The lowest BCUT2D eigenvalue weighted by Gasteiger charge is -2.25. The average Bonchev–Trinajstić information content (AvgIpc) is 2.65. The van der Waals surface area contributed by atoms with Crippen LogP contribution < -0.4 is 9.04 Å². The monoisotopic (exact) mass is 408 g/mol. The largest absolute Gasteiger partial charge is 0.495 e. The number of ether oxygens (including phenoxy) is 2. The van der Waals surface area contributed by atoms with Crippen molar-refractivity contribution in [2.75, 3.05) is 18.0 Å². The zero-order valence-corrected chi connectivity index (χ0v) is 16.4. The molecule has 0 aliphatic carbocycles. The van der Waals surface area contributed by atoms with Gasteiger partial charge in [-0.2, -0.15) is 0 Å². The van der Waals surface area contributed by atoms with Gasteiger partial charge < -0.3 is 9.47 Å². The number of methoxy groups -OCH3 is 1. The number of hydrogen-bond donors (Lipinski definition) is 0. The minimum Gasteiger partial charge on any atom is -0.495 e. The van der Waals surface area contributed by atoms with Gasteiger partial charge in [-0.15, -0.1) is 0 Å². The van der Waals surface area contributed by atoms with Crippen LogP contribution in [0, 0.1) is 10.1 Å². The Labute approximate surface area is 162 Å². The van der Waals surface area contributed by atoms with Crippen LogP contribution in [0.2, 0.25) is 0 Å². The number of sulfonamides is 1. The van der Waals surface area contributed by atoms with E-state index in [0.29, 0.717) is 0 Å². The van der Waals surface area contributed by atoms with Crippen molar-refractivity contribution >= 4 is 27.4 Å². The SMILES string of the molecule is COc1ccccc1N(CC(=O)OC(C)C)S(=O)(=O)c1cccc([N+](=O)[O-])c1. The lowest BCUT2D eigenvalue weighted by molar-refractivity contribution is -0.385. The zero-order valence-electron chi connectivity index (χ0n) is 15.6. The van der Waals surface area contributed by atoms with Gasteiger partial charge >= 0.3 is 5.97 Å². The van der Waals surface area contributed by atoms with Gasteiger partial charge in [0.05, 0.1) is 28.7 Å². The topological polar surface area (TPSA) is 116 Å². The smallest absolute Gasteiger partial charge is 0.327 e. The van der Waals surface area contributed by atoms with Crippen LogP contribution in [0.3, 0.4) is 0 Å². The van der Waals surface area contributed by atoms with Gasteiger partial charge in [0, 0.05) is 12.1 Å². The summed E-state index contributed by atoms with van der Waals surface area (Å²) in [5.41, 5.74) is -0.275. The Hall–Kier alpha value is -3.14. The first kappa shape index (κ1) is 21.2. The molecular formula is C18H20N2O7S. The van der Waals surface area contributed by atoms with Gasteiger partial charge in [-0.3, -0.25) is 19.2 Å². The average molecular weight is 408 g/mol. The fourth-order valence-electron chi connectivity index (χ4n) is 2.44. The maximum Gasteiger partial charge on any atom is 0.327 e. The molecule has 28 heavy (non-hydrogen) atoms. The number of carbonyl (C=O) groups excluding carboxylic acids is 1. The van der Waals surface area contributed by atoms with E-state index in [1.807, 2.05) is 0 Å². The van der Waals surface area contributed by atoms with Gasteiger partial charge in [-0.25, -0.2) is 8.42 Å². The fraction of sp³-hybridized carbons (Fsp3) is 0.278. The number of carbonyl (C=O) groups is 1. The van der Waals surface area contributed by atoms with Crippen LogP contribution in [-0.4, -0.2) is 39.1 Å². The summed E-state index contributed by atoms with van der Waals surface area (Å²) in [6, 6.07) is 10.8. The molecule has 0 spiro atoms. The molecule has 2 rings (SSSR count). The molecular weight excluding hydrogens is 388 g/mol. The first-order chi connectivity index (χ1) is 13.2. The third-order valence-corrected chi connectivity index (χ3v) is 5.37. The number of nitro benzene ring substituents is 1. The number of anilines is 1. The highest BCUT2D eigenvalue weighted by molar-refractivity contribution is 7.92. The number of hydrogen-bond acceptors (Lipinski definition) is 7. The number of nitrogens with zero attached hydrogens (tertiary/aromatic N) is 2. The Morgan fingerprint density at radius 2 is 1.86 bits per heavy atom. The van der Waals surface area contributed by atoms with E-state index in [-0.39, 0.29) is 22.0 Å². The molecule has 0 atom stereocenters. The van der Waals surface area contributed by atoms with Crippen molar-refractivity contribution in [3.63, 3.8) is 0 Å². The molecule has 9 nitrogen and oxygen atoms in total. The van der Waals surface area contributed by atoms with E-state index in [4.69, 9.17) is 9.47 Å². The summed E-state index contributed by atoms with van der Waals surface area (Å²) in [6.07, 6.45) is -0.437. The molecule has 0 saturated carbocycles. The Morgan fingerprint density at radius 1 is 1.18 bits per heavy atom. The van der Waals surface area contributed by atoms with Crippen LogP contribution in [0.15, 0.2) is 53.4 Å². The van der Waals surface area contributed by atoms with Crippen LogP contribution in [0.4, 0.5) is 11.4 Å². The van der Waals surface area contributed by atoms with Crippen molar-refractivity contribution < 1.29 is 27.6 Å². The lowest BCUT2D eigenvalue weighted by atomic mass is 10.3. The highest BCUT2D eigenvalue weighted by Crippen LogP contribution is 2.33. The maximum absolute atomic E-state index is 13.2. The molecule has 10 heteroatoms. The summed E-state index contributed by atoms with van der Waals surface area (Å²) in [6.45, 7) is 2.66. The van der Waals surface area contributed by atoms with Crippen molar-refractivity contribution in [3.05, 3.63) is 58.6 Å². The predicted molar refractivity (Wildman–Crippen MR) is 102 cm³/mol. The van der Waals surface area contributed by atoms with Crippen molar-refractivity contribution in [2.24, 2.45) is 0 Å². The highest BCUT2D eigenvalue weighted by atomic mass is 32.2. The quantitative estimate of drug-likeness (QED) is 0.374. The van der Waals surface area contributed by atoms with E-state index in [1.54, 1.807) is 32.0 Å². The number of rotatable bonds is 8. The molecule has 0 bridgehead atoms. The molecule has 2 aromatic carbocycles. The van der Waals surface area contributed by atoms with E-state index < -0.39 is 33.6 Å². The summed E-state index contributed by atoms with van der Waals surface area (Å²) in [4.78, 5) is 22.2. The molecule has 0 N–H and O–H groups in total. The van der Waals surface area contributed by atoms with Crippen LogP contribution >= 0.6 is 0 Å². The highest BCUT2D eigenvalue weighted by Gasteiger charge is 2.31. The Bertz CT molecular complexity index is 973. The van der Waals surface area contributed by atoms with Crippen molar-refractivity contribution in [1.82, 2.24) is 0 Å². The molecule has 0 amide bonds. The minimum absolute atomic E-state index is 0.109. The van der Waals surface area contributed by atoms with Crippen molar-refractivity contribution in [2.45, 2.75) is 24.8 Å². The van der Waals surface area contributed by atoms with E-state index >= 15 is 0 Å². The molecule has 0 radical (unpaired) electrons. The van der Waals surface area contributed by atoms with Crippen LogP contribution in [0.25, 0.3) is 0 Å². The standard InChI is InChI=1S/C18H20N2O7S/c1-13(2)27-18(21)12-19(16-9-4-5-10-17(16)26-3)28(24,25)15-8-6-7-14(11-15)20(22)23/h4-11,13H,12H2,1-3H3. The van der Waals surface area contributed by atoms with Gasteiger partial charge in [0.2, 0.25) is 0 Å². The summed E-state index contributed by atoms with van der Waals surface area (Å²) in [7, 11) is -2.96. The van der Waals surface area contributed by atoms with Gasteiger partial charge in [-0.05, 0) is 32.0 Å². The molecule has 0 aliphatic rings. The molecule has 0 saturated heterocycles. The summed E-state index contributed by atoms with van der Waals surface area (Å²) in [5.74, 6) is -0.552. The van der Waals surface area contributed by atoms with E-state index in [9.17, 15) is 23.3 Å². The molecule has 0 aliphatic heterocycles. The van der Waals surface area contributed by atoms with Gasteiger partial charge in [-0.1, -0.05) is 18.2 Å². The number of nitro groups is 1. The van der Waals surface area contributed by atoms with E-state index in [2.05, 4.69) is 0 Å². The summed E-state index contributed by atoms with van der Waals surface area (Å²) < 4.78 is 37.6. The molecule has 0 aromatic heterocycles. The Morgan fingerprint density at radius 3 is 2.46 bits per heavy atom. The number of esters is 1. The second-order valence-electron chi connectivity index (χ2n) is 5.98. The van der Waals surface area contributed by atoms with Gasteiger partial charge in [0.25, 0.3) is 15.7 Å². The van der Waals surface area contributed by atoms with Crippen molar-refractivity contribution in [1.29, 1.82) is 0 Å². The summed E-state index contributed by atoms with van der Waals surface area (Å²) in [5, 5.41) is 11.0. The molecule has 2 aromatic rings. The second kappa shape index (κ2) is 8.70. The number of para-hydroxylation sites is 2. The first-order valence-electron chi connectivity index (χ1n) is 8.26. The van der Waals surface area contributed by atoms with Crippen LogP contribution in [-0.2, 0) is 19.6 Å². The first-order valence-corrected chi connectivity index (χ1v) is 9.70.